The van der Waals surface area contributed by atoms with Crippen molar-refractivity contribution in [1.82, 2.24) is 19.9 Å². The Morgan fingerprint density at radius 2 is 1.92 bits per heavy atom. The first-order chi connectivity index (χ1) is 12.7. The number of rotatable bonds is 3. The minimum atomic E-state index is 0.0616. The van der Waals surface area contributed by atoms with Crippen LogP contribution in [0.3, 0.4) is 0 Å². The molecule has 0 atom stereocenters. The molecule has 0 radical (unpaired) electrons. The van der Waals surface area contributed by atoms with Crippen molar-refractivity contribution in [3.8, 4) is 11.3 Å². The minimum absolute atomic E-state index is 0.0616. The summed E-state index contributed by atoms with van der Waals surface area (Å²) in [4.78, 5) is 27.7. The van der Waals surface area contributed by atoms with Gasteiger partial charge in [0, 0.05) is 41.7 Å². The van der Waals surface area contributed by atoms with E-state index in [4.69, 9.17) is 0 Å². The maximum absolute atomic E-state index is 12.5. The molecule has 0 spiro atoms. The molecular weight excluding hydrogens is 326 g/mol. The van der Waals surface area contributed by atoms with Gasteiger partial charge in [0.05, 0.1) is 5.69 Å². The Hall–Kier alpha value is -2.86. The van der Waals surface area contributed by atoms with Crippen LogP contribution in [-0.4, -0.2) is 45.9 Å². The fourth-order valence-electron chi connectivity index (χ4n) is 3.28. The molecule has 6 heteroatoms. The standard InChI is InChI=1S/C20H21N5O/c1-25-7-4-14(5-8-25)20(26)24-19-10-16-9-18(15-3-2-6-21-11-15)22-12-17(16)13-23-19/h2-3,6,9-14H,4-5,7-8H2,1H3,(H,23,24,26). The molecule has 1 amide bonds. The highest BCUT2D eigenvalue weighted by Crippen LogP contribution is 2.23. The van der Waals surface area contributed by atoms with Gasteiger partial charge in [0.15, 0.2) is 0 Å². The second-order valence-corrected chi connectivity index (χ2v) is 6.79. The number of fused-ring (bicyclic) bond motifs is 1. The van der Waals surface area contributed by atoms with Crippen LogP contribution in [0.4, 0.5) is 5.82 Å². The average Bonchev–Trinajstić information content (AvgIpc) is 2.68. The van der Waals surface area contributed by atoms with Crippen LogP contribution >= 0.6 is 0 Å². The van der Waals surface area contributed by atoms with Gasteiger partial charge in [-0.05, 0) is 62.6 Å². The van der Waals surface area contributed by atoms with Crippen molar-refractivity contribution in [2.24, 2.45) is 5.92 Å². The molecule has 1 saturated heterocycles. The molecule has 0 bridgehead atoms. The van der Waals surface area contributed by atoms with Crippen LogP contribution in [-0.2, 0) is 4.79 Å². The van der Waals surface area contributed by atoms with Gasteiger partial charge in [0.2, 0.25) is 5.91 Å². The third kappa shape index (κ3) is 3.55. The van der Waals surface area contributed by atoms with Gasteiger partial charge >= 0.3 is 0 Å². The minimum Gasteiger partial charge on any atom is -0.310 e. The first-order valence-corrected chi connectivity index (χ1v) is 8.85. The normalized spacial score (nSPS) is 15.9. The van der Waals surface area contributed by atoms with Crippen LogP contribution in [0.25, 0.3) is 22.0 Å². The van der Waals surface area contributed by atoms with Crippen LogP contribution in [0, 0.1) is 5.92 Å². The molecular formula is C20H21N5O. The van der Waals surface area contributed by atoms with Crippen molar-refractivity contribution >= 4 is 22.5 Å². The Labute approximate surface area is 152 Å². The summed E-state index contributed by atoms with van der Waals surface area (Å²) in [5, 5.41) is 4.91. The Kier molecular flexibility index (Phi) is 4.58. The number of piperidine rings is 1. The van der Waals surface area contributed by atoms with Gasteiger partial charge < -0.3 is 10.2 Å². The Balaban J connectivity index is 1.55. The largest absolute Gasteiger partial charge is 0.310 e. The molecule has 6 nitrogen and oxygen atoms in total. The van der Waals surface area contributed by atoms with Crippen molar-refractivity contribution in [3.63, 3.8) is 0 Å². The molecule has 0 saturated carbocycles. The van der Waals surface area contributed by atoms with Gasteiger partial charge in [-0.25, -0.2) is 4.98 Å². The highest BCUT2D eigenvalue weighted by Gasteiger charge is 2.23. The first kappa shape index (κ1) is 16.6. The maximum atomic E-state index is 12.5. The predicted octanol–water partition coefficient (Wildman–Crippen LogP) is 2.97. The van der Waals surface area contributed by atoms with Crippen molar-refractivity contribution < 1.29 is 4.79 Å². The molecule has 1 N–H and O–H groups in total. The Morgan fingerprint density at radius 1 is 1.12 bits per heavy atom. The number of nitrogens with one attached hydrogen (secondary N) is 1. The van der Waals surface area contributed by atoms with Crippen LogP contribution in [0.15, 0.2) is 49.1 Å². The van der Waals surface area contributed by atoms with E-state index in [0.29, 0.717) is 5.82 Å². The van der Waals surface area contributed by atoms with Crippen molar-refractivity contribution in [2.45, 2.75) is 12.8 Å². The summed E-state index contributed by atoms with van der Waals surface area (Å²) in [6, 6.07) is 7.77. The molecule has 132 valence electrons. The maximum Gasteiger partial charge on any atom is 0.228 e. The number of aromatic nitrogens is 3. The molecule has 0 aromatic carbocycles. The van der Waals surface area contributed by atoms with Crippen molar-refractivity contribution in [1.29, 1.82) is 0 Å². The van der Waals surface area contributed by atoms with E-state index in [-0.39, 0.29) is 11.8 Å². The van der Waals surface area contributed by atoms with Gasteiger partial charge in [-0.15, -0.1) is 0 Å². The molecule has 1 aliphatic heterocycles. The monoisotopic (exact) mass is 347 g/mol. The number of amides is 1. The lowest BCUT2D eigenvalue weighted by atomic mass is 9.96. The molecule has 3 aromatic heterocycles. The number of hydrogen-bond acceptors (Lipinski definition) is 5. The van der Waals surface area contributed by atoms with Crippen molar-refractivity contribution in [3.05, 3.63) is 49.1 Å². The van der Waals surface area contributed by atoms with Gasteiger partial charge in [-0.1, -0.05) is 0 Å². The third-order valence-corrected chi connectivity index (χ3v) is 4.90. The summed E-state index contributed by atoms with van der Waals surface area (Å²) in [6.07, 6.45) is 8.87. The summed E-state index contributed by atoms with van der Waals surface area (Å²) >= 11 is 0. The number of carbonyl (C=O) groups is 1. The molecule has 0 unspecified atom stereocenters. The first-order valence-electron chi connectivity index (χ1n) is 8.85. The van der Waals surface area contributed by atoms with E-state index in [0.717, 1.165) is 48.0 Å². The summed E-state index contributed by atoms with van der Waals surface area (Å²) in [5.41, 5.74) is 1.81. The summed E-state index contributed by atoms with van der Waals surface area (Å²) in [5.74, 6) is 0.711. The summed E-state index contributed by atoms with van der Waals surface area (Å²) < 4.78 is 0. The SMILES string of the molecule is CN1CCC(C(=O)Nc2cc3cc(-c4cccnc4)ncc3cn2)CC1. The van der Waals surface area contributed by atoms with E-state index in [1.54, 1.807) is 24.8 Å². The quantitative estimate of drug-likeness (QED) is 0.789. The zero-order valence-electron chi connectivity index (χ0n) is 14.7. The fraction of sp³-hybridized carbons (Fsp3) is 0.300. The Bertz CT molecular complexity index is 920. The van der Waals surface area contributed by atoms with Crippen molar-refractivity contribution in [2.75, 3.05) is 25.5 Å². The summed E-state index contributed by atoms with van der Waals surface area (Å²) in [6.45, 7) is 1.92. The number of pyridine rings is 3. The lowest BCUT2D eigenvalue weighted by Gasteiger charge is -2.27. The second kappa shape index (κ2) is 7.17. The number of likely N-dealkylation sites (tertiary alicyclic amines) is 1. The lowest BCUT2D eigenvalue weighted by molar-refractivity contribution is -0.121. The third-order valence-electron chi connectivity index (χ3n) is 4.90. The van der Waals surface area contributed by atoms with Gasteiger partial charge in [0.1, 0.15) is 5.82 Å². The lowest BCUT2D eigenvalue weighted by Crippen LogP contribution is -2.36. The van der Waals surface area contributed by atoms with Gasteiger partial charge in [-0.2, -0.15) is 0 Å². The molecule has 3 aromatic rings. The predicted molar refractivity (Wildman–Crippen MR) is 102 cm³/mol. The molecule has 4 rings (SSSR count). The van der Waals surface area contributed by atoms with Gasteiger partial charge in [0.25, 0.3) is 0 Å². The number of nitrogens with zero attached hydrogens (tertiary/aromatic N) is 4. The van der Waals surface area contributed by atoms with E-state index in [2.05, 4.69) is 32.2 Å². The fourth-order valence-corrected chi connectivity index (χ4v) is 3.28. The Morgan fingerprint density at radius 3 is 2.69 bits per heavy atom. The number of hydrogen-bond donors (Lipinski definition) is 1. The second-order valence-electron chi connectivity index (χ2n) is 6.79. The molecule has 4 heterocycles. The van der Waals surface area contributed by atoms with E-state index in [1.807, 2.05) is 24.3 Å². The highest BCUT2D eigenvalue weighted by atomic mass is 16.1. The van der Waals surface area contributed by atoms with Crippen LogP contribution in [0.2, 0.25) is 0 Å². The van der Waals surface area contributed by atoms with E-state index in [1.165, 1.54) is 0 Å². The van der Waals surface area contributed by atoms with E-state index in [9.17, 15) is 4.79 Å². The summed E-state index contributed by atoms with van der Waals surface area (Å²) in [7, 11) is 2.09. The highest BCUT2D eigenvalue weighted by molar-refractivity contribution is 5.94. The number of carbonyl (C=O) groups excluding carboxylic acids is 1. The molecule has 0 aliphatic carbocycles. The molecule has 1 aliphatic rings. The van der Waals surface area contributed by atoms with E-state index >= 15 is 0 Å². The van der Waals surface area contributed by atoms with Crippen LogP contribution in [0.1, 0.15) is 12.8 Å². The average molecular weight is 347 g/mol. The molecule has 1 fully saturated rings. The van der Waals surface area contributed by atoms with Crippen LogP contribution in [0.5, 0.6) is 0 Å². The number of anilines is 1. The zero-order chi connectivity index (χ0) is 17.9. The smallest absolute Gasteiger partial charge is 0.228 e. The zero-order valence-corrected chi connectivity index (χ0v) is 14.7. The van der Waals surface area contributed by atoms with Gasteiger partial charge in [-0.3, -0.25) is 14.8 Å². The van der Waals surface area contributed by atoms with E-state index < -0.39 is 0 Å². The van der Waals surface area contributed by atoms with Crippen LogP contribution < -0.4 is 5.32 Å². The topological polar surface area (TPSA) is 71.0 Å². The molecule has 26 heavy (non-hydrogen) atoms.